The van der Waals surface area contributed by atoms with E-state index in [-0.39, 0.29) is 36.5 Å². The predicted octanol–water partition coefficient (Wildman–Crippen LogP) is 3.66. The van der Waals surface area contributed by atoms with E-state index >= 15 is 0 Å². The van der Waals surface area contributed by atoms with Crippen molar-refractivity contribution >= 4 is 17.8 Å². The molecule has 3 aromatic rings. The number of rotatable bonds is 8. The average Bonchev–Trinajstić information content (AvgIpc) is 3.07. The van der Waals surface area contributed by atoms with Gasteiger partial charge < -0.3 is 9.47 Å². The highest BCUT2D eigenvalue weighted by Crippen LogP contribution is 2.26. The molecule has 7 heteroatoms. The Bertz CT molecular complexity index is 1110. The maximum atomic E-state index is 13.7. The molecule has 0 aliphatic carbocycles. The first-order valence-corrected chi connectivity index (χ1v) is 10.1. The van der Waals surface area contributed by atoms with Crippen LogP contribution in [-0.4, -0.2) is 41.9 Å². The highest BCUT2D eigenvalue weighted by Gasteiger charge is 2.43. The Morgan fingerprint density at radius 1 is 0.812 bits per heavy atom. The van der Waals surface area contributed by atoms with Crippen LogP contribution in [-0.2, 0) is 16.0 Å². The molecule has 6 nitrogen and oxygen atoms in total. The quantitative estimate of drug-likeness (QED) is 0.308. The van der Waals surface area contributed by atoms with Gasteiger partial charge in [0.25, 0.3) is 11.8 Å². The van der Waals surface area contributed by atoms with Crippen molar-refractivity contribution in [3.05, 3.63) is 101 Å². The van der Waals surface area contributed by atoms with Gasteiger partial charge in [0.1, 0.15) is 19.3 Å². The number of nitrogens with zero attached hydrogens (tertiary/aromatic N) is 1. The van der Waals surface area contributed by atoms with Crippen molar-refractivity contribution in [3.63, 3.8) is 0 Å². The zero-order valence-corrected chi connectivity index (χ0v) is 17.1. The minimum Gasteiger partial charge on any atom is -0.487 e. The number of benzene rings is 3. The molecule has 4 rings (SSSR count). The summed E-state index contributed by atoms with van der Waals surface area (Å²) in [5, 5.41) is 0. The van der Waals surface area contributed by atoms with Gasteiger partial charge >= 0.3 is 5.97 Å². The molecule has 1 aliphatic rings. The standard InChI is InChI=1S/C25H20FNO5/c26-20-12-6-7-13-22(20)31-14-15-32-25(30)21(16-17-8-2-1-3-9-17)27-23(28)18-10-4-5-11-19(18)24(27)29/h1-13,21H,14-16H2. The maximum absolute atomic E-state index is 13.7. The molecule has 0 spiro atoms. The molecule has 0 saturated carbocycles. The van der Waals surface area contributed by atoms with E-state index in [0.29, 0.717) is 0 Å². The Balaban J connectivity index is 1.48. The number of para-hydroxylation sites is 1. The van der Waals surface area contributed by atoms with Crippen LogP contribution in [0.2, 0.25) is 0 Å². The molecule has 3 aromatic carbocycles. The van der Waals surface area contributed by atoms with E-state index in [0.717, 1.165) is 10.5 Å². The van der Waals surface area contributed by atoms with Crippen LogP contribution in [0.4, 0.5) is 4.39 Å². The minimum absolute atomic E-state index is 0.0460. The summed E-state index contributed by atoms with van der Waals surface area (Å²) in [5.41, 5.74) is 1.28. The van der Waals surface area contributed by atoms with Crippen molar-refractivity contribution in [3.8, 4) is 5.75 Å². The predicted molar refractivity (Wildman–Crippen MR) is 114 cm³/mol. The third kappa shape index (κ3) is 4.37. The molecule has 2 amide bonds. The lowest BCUT2D eigenvalue weighted by molar-refractivity contribution is -0.149. The van der Waals surface area contributed by atoms with Crippen LogP contribution in [0.25, 0.3) is 0 Å². The molecule has 0 aromatic heterocycles. The van der Waals surface area contributed by atoms with Gasteiger partial charge in [-0.3, -0.25) is 14.5 Å². The van der Waals surface area contributed by atoms with E-state index in [1.807, 2.05) is 18.2 Å². The summed E-state index contributed by atoms with van der Waals surface area (Å²) in [6, 6.07) is 20.3. The van der Waals surface area contributed by atoms with Gasteiger partial charge in [-0.25, -0.2) is 9.18 Å². The average molecular weight is 433 g/mol. The number of amides is 2. The summed E-state index contributed by atoms with van der Waals surface area (Å²) in [6.45, 7) is -0.242. The Morgan fingerprint density at radius 2 is 1.41 bits per heavy atom. The number of ether oxygens (including phenoxy) is 2. The Hall–Kier alpha value is -4.00. The Kier molecular flexibility index (Phi) is 6.26. The maximum Gasteiger partial charge on any atom is 0.329 e. The number of carbonyl (C=O) groups excluding carboxylic acids is 3. The largest absolute Gasteiger partial charge is 0.487 e. The number of esters is 1. The second kappa shape index (κ2) is 9.43. The lowest BCUT2D eigenvalue weighted by Crippen LogP contribution is -2.47. The van der Waals surface area contributed by atoms with E-state index in [9.17, 15) is 18.8 Å². The van der Waals surface area contributed by atoms with E-state index in [1.165, 1.54) is 12.1 Å². The molecule has 1 aliphatic heterocycles. The summed E-state index contributed by atoms with van der Waals surface area (Å²) < 4.78 is 24.3. The minimum atomic E-state index is -1.14. The van der Waals surface area contributed by atoms with Crippen LogP contribution >= 0.6 is 0 Å². The van der Waals surface area contributed by atoms with E-state index in [1.54, 1.807) is 48.5 Å². The smallest absolute Gasteiger partial charge is 0.329 e. The van der Waals surface area contributed by atoms with Crippen molar-refractivity contribution in [1.29, 1.82) is 0 Å². The summed E-state index contributed by atoms with van der Waals surface area (Å²) in [5.74, 6) is -2.28. The van der Waals surface area contributed by atoms with E-state index < -0.39 is 29.6 Å². The monoisotopic (exact) mass is 433 g/mol. The van der Waals surface area contributed by atoms with Gasteiger partial charge in [0.2, 0.25) is 0 Å². The number of fused-ring (bicyclic) bond motifs is 1. The van der Waals surface area contributed by atoms with Crippen molar-refractivity contribution in [2.24, 2.45) is 0 Å². The lowest BCUT2D eigenvalue weighted by Gasteiger charge is -2.24. The SMILES string of the molecule is O=C(OCCOc1ccccc1F)C(Cc1ccccc1)N1C(=O)c2ccccc2C1=O. The topological polar surface area (TPSA) is 72.9 Å². The summed E-state index contributed by atoms with van der Waals surface area (Å²) in [6.07, 6.45) is 0.110. The van der Waals surface area contributed by atoms with Gasteiger partial charge in [0, 0.05) is 6.42 Å². The highest BCUT2D eigenvalue weighted by atomic mass is 19.1. The molecule has 0 fully saturated rings. The van der Waals surface area contributed by atoms with Gasteiger partial charge in [-0.2, -0.15) is 0 Å². The Labute approximate surface area is 184 Å². The molecule has 1 heterocycles. The normalized spacial score (nSPS) is 13.6. The molecule has 0 radical (unpaired) electrons. The second-order valence-corrected chi connectivity index (χ2v) is 7.18. The lowest BCUT2D eigenvalue weighted by atomic mass is 10.0. The van der Waals surface area contributed by atoms with Crippen molar-refractivity contribution < 1.29 is 28.2 Å². The summed E-state index contributed by atoms with van der Waals surface area (Å²) in [4.78, 5) is 39.8. The molecule has 0 bridgehead atoms. The fourth-order valence-corrected chi connectivity index (χ4v) is 3.56. The van der Waals surface area contributed by atoms with E-state index in [2.05, 4.69) is 0 Å². The first-order valence-electron chi connectivity index (χ1n) is 10.1. The van der Waals surface area contributed by atoms with Crippen LogP contribution in [0.15, 0.2) is 78.9 Å². The molecule has 162 valence electrons. The van der Waals surface area contributed by atoms with Gasteiger partial charge in [0.15, 0.2) is 11.6 Å². The highest BCUT2D eigenvalue weighted by molar-refractivity contribution is 6.22. The molecule has 0 saturated heterocycles. The third-order valence-corrected chi connectivity index (χ3v) is 5.10. The zero-order chi connectivity index (χ0) is 22.5. The van der Waals surface area contributed by atoms with Crippen molar-refractivity contribution in [2.75, 3.05) is 13.2 Å². The molecule has 32 heavy (non-hydrogen) atoms. The first-order chi connectivity index (χ1) is 15.6. The number of imide groups is 1. The van der Waals surface area contributed by atoms with Gasteiger partial charge in [-0.05, 0) is 29.8 Å². The fraction of sp³-hybridized carbons (Fsp3) is 0.160. The number of hydrogen-bond donors (Lipinski definition) is 0. The second-order valence-electron chi connectivity index (χ2n) is 7.18. The van der Waals surface area contributed by atoms with E-state index in [4.69, 9.17) is 9.47 Å². The summed E-state index contributed by atoms with van der Waals surface area (Å²) >= 11 is 0. The Morgan fingerprint density at radius 3 is 2.06 bits per heavy atom. The molecule has 1 unspecified atom stereocenters. The third-order valence-electron chi connectivity index (χ3n) is 5.10. The van der Waals surface area contributed by atoms with Crippen molar-refractivity contribution in [1.82, 2.24) is 4.90 Å². The number of hydrogen-bond acceptors (Lipinski definition) is 5. The van der Waals surface area contributed by atoms with Gasteiger partial charge in [-0.15, -0.1) is 0 Å². The van der Waals surface area contributed by atoms with Crippen LogP contribution in [0.5, 0.6) is 5.75 Å². The molecular formula is C25H20FNO5. The van der Waals surface area contributed by atoms with Crippen LogP contribution < -0.4 is 4.74 Å². The summed E-state index contributed by atoms with van der Waals surface area (Å²) in [7, 11) is 0. The number of halogens is 1. The molecule has 1 atom stereocenters. The van der Waals surface area contributed by atoms with Gasteiger partial charge in [0.05, 0.1) is 11.1 Å². The molecule has 0 N–H and O–H groups in total. The van der Waals surface area contributed by atoms with Crippen molar-refractivity contribution in [2.45, 2.75) is 12.5 Å². The van der Waals surface area contributed by atoms with Crippen LogP contribution in [0, 0.1) is 5.82 Å². The fourth-order valence-electron chi connectivity index (χ4n) is 3.56. The van der Waals surface area contributed by atoms with Crippen LogP contribution in [0.3, 0.4) is 0 Å². The van der Waals surface area contributed by atoms with Gasteiger partial charge in [-0.1, -0.05) is 54.6 Å². The zero-order valence-electron chi connectivity index (χ0n) is 17.1. The van der Waals surface area contributed by atoms with Crippen LogP contribution in [0.1, 0.15) is 26.3 Å². The first kappa shape index (κ1) is 21.2. The molecular weight excluding hydrogens is 413 g/mol. The number of carbonyl (C=O) groups is 3.